The minimum absolute atomic E-state index is 0.199. The fourth-order valence-electron chi connectivity index (χ4n) is 2.41. The molecule has 0 aromatic carbocycles. The summed E-state index contributed by atoms with van der Waals surface area (Å²) in [6.45, 7) is 7.06. The van der Waals surface area contributed by atoms with E-state index in [-0.39, 0.29) is 11.9 Å². The van der Waals surface area contributed by atoms with Crippen molar-refractivity contribution in [3.8, 4) is 0 Å². The van der Waals surface area contributed by atoms with Crippen LogP contribution < -0.4 is 11.1 Å². The van der Waals surface area contributed by atoms with Gasteiger partial charge in [-0.15, -0.1) is 0 Å². The quantitative estimate of drug-likeness (QED) is 0.732. The Morgan fingerprint density at radius 3 is 2.88 bits per heavy atom. The highest BCUT2D eigenvalue weighted by Gasteiger charge is 2.23. The average molecular weight is 241 g/mol. The van der Waals surface area contributed by atoms with Crippen molar-refractivity contribution in [2.75, 3.05) is 19.6 Å². The molecule has 2 unspecified atom stereocenters. The van der Waals surface area contributed by atoms with Crippen molar-refractivity contribution in [1.29, 1.82) is 0 Å². The van der Waals surface area contributed by atoms with E-state index in [1.165, 1.54) is 25.7 Å². The maximum absolute atomic E-state index is 11.4. The van der Waals surface area contributed by atoms with Gasteiger partial charge in [0.25, 0.3) is 0 Å². The maximum Gasteiger partial charge on any atom is 0.235 e. The van der Waals surface area contributed by atoms with Crippen molar-refractivity contribution < 1.29 is 4.79 Å². The van der Waals surface area contributed by atoms with Crippen LogP contribution in [0.1, 0.15) is 46.0 Å². The molecule has 0 aliphatic carbocycles. The van der Waals surface area contributed by atoms with Crippen LogP contribution in [0, 0.1) is 0 Å². The van der Waals surface area contributed by atoms with Crippen molar-refractivity contribution in [2.45, 2.75) is 58.0 Å². The Morgan fingerprint density at radius 2 is 2.24 bits per heavy atom. The van der Waals surface area contributed by atoms with E-state index < -0.39 is 0 Å². The van der Waals surface area contributed by atoms with Crippen molar-refractivity contribution in [3.05, 3.63) is 0 Å². The fourth-order valence-corrected chi connectivity index (χ4v) is 2.41. The Morgan fingerprint density at radius 1 is 1.47 bits per heavy atom. The van der Waals surface area contributed by atoms with Gasteiger partial charge in [-0.05, 0) is 39.3 Å². The second-order valence-corrected chi connectivity index (χ2v) is 5.10. The van der Waals surface area contributed by atoms with Gasteiger partial charge in [-0.25, -0.2) is 0 Å². The first-order chi connectivity index (χ1) is 8.15. The van der Waals surface area contributed by atoms with E-state index in [1.54, 1.807) is 0 Å². The number of carbonyl (C=O) groups is 1. The first-order valence-electron chi connectivity index (χ1n) is 6.92. The van der Waals surface area contributed by atoms with Gasteiger partial charge in [-0.3, -0.25) is 9.69 Å². The third-order valence-electron chi connectivity index (χ3n) is 3.59. The number of nitrogens with one attached hydrogen (secondary N) is 1. The van der Waals surface area contributed by atoms with Crippen LogP contribution in [0.4, 0.5) is 0 Å². The van der Waals surface area contributed by atoms with Crippen molar-refractivity contribution in [1.82, 2.24) is 10.2 Å². The summed E-state index contributed by atoms with van der Waals surface area (Å²) in [7, 11) is 0. The molecule has 1 heterocycles. The summed E-state index contributed by atoms with van der Waals surface area (Å²) in [5, 5.41) is 3.24. The highest BCUT2D eigenvalue weighted by Crippen LogP contribution is 2.16. The van der Waals surface area contributed by atoms with Gasteiger partial charge in [0.15, 0.2) is 0 Å². The van der Waals surface area contributed by atoms with Gasteiger partial charge in [0.1, 0.15) is 0 Å². The minimum atomic E-state index is -0.227. The van der Waals surface area contributed by atoms with E-state index in [0.29, 0.717) is 6.04 Å². The van der Waals surface area contributed by atoms with Crippen LogP contribution in [0.25, 0.3) is 0 Å². The first kappa shape index (κ1) is 14.5. The van der Waals surface area contributed by atoms with Crippen LogP contribution in [0.15, 0.2) is 0 Å². The highest BCUT2D eigenvalue weighted by molar-refractivity contribution is 5.80. The highest BCUT2D eigenvalue weighted by atomic mass is 16.1. The summed E-state index contributed by atoms with van der Waals surface area (Å²) in [6.07, 6.45) is 6.12. The Labute approximate surface area is 105 Å². The summed E-state index contributed by atoms with van der Waals surface area (Å²) in [5.74, 6) is -0.227. The van der Waals surface area contributed by atoms with E-state index in [4.69, 9.17) is 5.73 Å². The van der Waals surface area contributed by atoms with Crippen LogP contribution in [0.3, 0.4) is 0 Å². The summed E-state index contributed by atoms with van der Waals surface area (Å²) in [4.78, 5) is 13.8. The van der Waals surface area contributed by atoms with E-state index in [0.717, 1.165) is 26.1 Å². The largest absolute Gasteiger partial charge is 0.368 e. The molecule has 4 nitrogen and oxygen atoms in total. The lowest BCUT2D eigenvalue weighted by atomic mass is 10.1. The van der Waals surface area contributed by atoms with E-state index in [1.807, 2.05) is 0 Å². The molecule has 0 bridgehead atoms. The molecule has 1 rings (SSSR count). The molecule has 0 spiro atoms. The molecule has 100 valence electrons. The number of nitrogens with two attached hydrogens (primary N) is 1. The van der Waals surface area contributed by atoms with Crippen LogP contribution in [-0.4, -0.2) is 42.5 Å². The van der Waals surface area contributed by atoms with E-state index in [9.17, 15) is 4.79 Å². The Hall–Kier alpha value is -0.610. The molecule has 1 amide bonds. The monoisotopic (exact) mass is 241 g/mol. The summed E-state index contributed by atoms with van der Waals surface area (Å²) in [5.41, 5.74) is 5.45. The zero-order valence-electron chi connectivity index (χ0n) is 11.2. The topological polar surface area (TPSA) is 58.4 Å². The molecule has 2 atom stereocenters. The zero-order chi connectivity index (χ0) is 12.7. The predicted molar refractivity (Wildman–Crippen MR) is 70.8 cm³/mol. The van der Waals surface area contributed by atoms with Crippen LogP contribution in [-0.2, 0) is 4.79 Å². The molecular formula is C13H27N3O. The number of carbonyl (C=O) groups excluding carboxylic acids is 1. The van der Waals surface area contributed by atoms with Crippen LogP contribution in [0.2, 0.25) is 0 Å². The van der Waals surface area contributed by atoms with Gasteiger partial charge in [0, 0.05) is 12.6 Å². The normalized spacial score (nSPS) is 24.2. The maximum atomic E-state index is 11.4. The average Bonchev–Trinajstić information content (AvgIpc) is 2.49. The number of hydrogen-bond acceptors (Lipinski definition) is 3. The third-order valence-corrected chi connectivity index (χ3v) is 3.59. The molecule has 0 aromatic rings. The van der Waals surface area contributed by atoms with Gasteiger partial charge >= 0.3 is 0 Å². The van der Waals surface area contributed by atoms with Crippen molar-refractivity contribution >= 4 is 5.91 Å². The second-order valence-electron chi connectivity index (χ2n) is 5.10. The molecule has 1 aliphatic rings. The van der Waals surface area contributed by atoms with Gasteiger partial charge in [-0.1, -0.05) is 19.8 Å². The molecule has 1 fully saturated rings. The van der Waals surface area contributed by atoms with Crippen LogP contribution in [0.5, 0.6) is 0 Å². The first-order valence-corrected chi connectivity index (χ1v) is 6.92. The van der Waals surface area contributed by atoms with Gasteiger partial charge in [-0.2, -0.15) is 0 Å². The number of hydrogen-bond donors (Lipinski definition) is 2. The Balaban J connectivity index is 2.48. The molecule has 4 heteroatoms. The molecule has 1 aliphatic heterocycles. The van der Waals surface area contributed by atoms with Crippen molar-refractivity contribution in [3.63, 3.8) is 0 Å². The summed E-state index contributed by atoms with van der Waals surface area (Å²) < 4.78 is 0. The lowest BCUT2D eigenvalue weighted by molar-refractivity contribution is -0.120. The second kappa shape index (κ2) is 7.67. The number of rotatable bonds is 6. The molecule has 3 N–H and O–H groups in total. The molecule has 0 saturated carbocycles. The Kier molecular flexibility index (Phi) is 6.52. The number of primary amides is 1. The lowest BCUT2D eigenvalue weighted by Crippen LogP contribution is -2.51. The number of amides is 1. The standard InChI is InChI=1S/C13H27N3O/c1-3-8-15-12(13(14)17)10-16-9-6-4-5-7-11(16)2/h11-12,15H,3-10H2,1-2H3,(H2,14,17). The third kappa shape index (κ3) is 5.04. The summed E-state index contributed by atoms with van der Waals surface area (Å²) in [6, 6.07) is 0.373. The molecule has 0 radical (unpaired) electrons. The van der Waals surface area contributed by atoms with Gasteiger partial charge < -0.3 is 11.1 Å². The number of nitrogens with zero attached hydrogens (tertiary/aromatic N) is 1. The van der Waals surface area contributed by atoms with Crippen LogP contribution >= 0.6 is 0 Å². The van der Waals surface area contributed by atoms with Gasteiger partial charge in [0.05, 0.1) is 6.04 Å². The van der Waals surface area contributed by atoms with E-state index >= 15 is 0 Å². The minimum Gasteiger partial charge on any atom is -0.368 e. The lowest BCUT2D eigenvalue weighted by Gasteiger charge is -2.30. The molecule has 1 saturated heterocycles. The molecule has 17 heavy (non-hydrogen) atoms. The van der Waals surface area contributed by atoms with Crippen molar-refractivity contribution in [2.24, 2.45) is 5.73 Å². The van der Waals surface area contributed by atoms with E-state index in [2.05, 4.69) is 24.1 Å². The Bertz CT molecular complexity index is 233. The molecule has 0 aromatic heterocycles. The smallest absolute Gasteiger partial charge is 0.235 e. The summed E-state index contributed by atoms with van der Waals surface area (Å²) >= 11 is 0. The fraction of sp³-hybridized carbons (Fsp3) is 0.923. The molecular weight excluding hydrogens is 214 g/mol. The zero-order valence-corrected chi connectivity index (χ0v) is 11.2. The van der Waals surface area contributed by atoms with Gasteiger partial charge in [0.2, 0.25) is 5.91 Å². The predicted octanol–water partition coefficient (Wildman–Crippen LogP) is 1.10. The SMILES string of the molecule is CCCNC(CN1CCCCCC1C)C(N)=O. The number of likely N-dealkylation sites (tertiary alicyclic amines) is 1.